The molecule has 106 valence electrons. The summed E-state index contributed by atoms with van der Waals surface area (Å²) in [4.78, 5) is 20.9. The highest BCUT2D eigenvalue weighted by atomic mass is 32.2. The van der Waals surface area contributed by atoms with Gasteiger partial charge in [-0.15, -0.1) is 0 Å². The molecule has 1 unspecified atom stereocenters. The van der Waals surface area contributed by atoms with Crippen LogP contribution in [0.5, 0.6) is 0 Å². The number of H-pyrrole nitrogens is 2. The lowest BCUT2D eigenvalue weighted by atomic mass is 10.1. The van der Waals surface area contributed by atoms with E-state index in [-0.39, 0.29) is 17.9 Å². The van der Waals surface area contributed by atoms with Crippen molar-refractivity contribution in [1.82, 2.24) is 19.3 Å². The molecule has 0 bridgehead atoms. The average molecular weight is 296 g/mol. The number of carboxylic acids is 1. The van der Waals surface area contributed by atoms with Crippen molar-refractivity contribution in [2.75, 3.05) is 0 Å². The fraction of sp³-hybridized carbons (Fsp3) is 0.273. The minimum absolute atomic E-state index is 0.0280. The molecule has 1 aliphatic rings. The van der Waals surface area contributed by atoms with Crippen molar-refractivity contribution in [1.29, 1.82) is 0 Å². The zero-order valence-electron chi connectivity index (χ0n) is 10.3. The van der Waals surface area contributed by atoms with Gasteiger partial charge < -0.3 is 15.1 Å². The molecule has 0 saturated heterocycles. The molecular formula is C11H12N4O4S. The number of aromatic nitrogens is 3. The number of hydrogen-bond acceptors (Lipinski definition) is 4. The Balaban J connectivity index is 2.05. The van der Waals surface area contributed by atoms with Gasteiger partial charge in [-0.2, -0.15) is 4.31 Å². The number of rotatable bonds is 3. The normalized spacial score (nSPS) is 19.7. The van der Waals surface area contributed by atoms with Crippen molar-refractivity contribution in [3.63, 3.8) is 0 Å². The van der Waals surface area contributed by atoms with Crippen molar-refractivity contribution < 1.29 is 18.3 Å². The predicted octanol–water partition coefficient (Wildman–Crippen LogP) is -0.0620. The number of aliphatic carboxylic acids is 1. The number of sulfonamides is 1. The molecule has 20 heavy (non-hydrogen) atoms. The van der Waals surface area contributed by atoms with E-state index in [1.165, 1.54) is 24.8 Å². The van der Waals surface area contributed by atoms with Crippen LogP contribution in [0.25, 0.3) is 0 Å². The molecule has 9 heteroatoms. The molecule has 1 atom stereocenters. The molecule has 0 aromatic carbocycles. The molecule has 0 amide bonds. The summed E-state index contributed by atoms with van der Waals surface area (Å²) >= 11 is 0. The van der Waals surface area contributed by atoms with Crippen molar-refractivity contribution in [2.24, 2.45) is 0 Å². The second-order valence-electron chi connectivity index (χ2n) is 4.48. The zero-order valence-corrected chi connectivity index (χ0v) is 11.1. The van der Waals surface area contributed by atoms with Gasteiger partial charge in [0.2, 0.25) is 10.0 Å². The molecule has 1 aliphatic heterocycles. The van der Waals surface area contributed by atoms with E-state index >= 15 is 0 Å². The summed E-state index contributed by atoms with van der Waals surface area (Å²) in [6.45, 7) is -0.0280. The van der Waals surface area contributed by atoms with E-state index in [1.54, 1.807) is 0 Å². The number of fused-ring (bicyclic) bond motifs is 1. The Morgan fingerprint density at radius 3 is 2.95 bits per heavy atom. The van der Waals surface area contributed by atoms with Gasteiger partial charge in [-0.25, -0.2) is 13.4 Å². The summed E-state index contributed by atoms with van der Waals surface area (Å²) in [7, 11) is -3.86. The Bertz CT molecular complexity index is 734. The number of nitrogens with zero attached hydrogens (tertiary/aromatic N) is 2. The number of imidazole rings is 1. The summed E-state index contributed by atoms with van der Waals surface area (Å²) in [5.74, 6) is -1.18. The first kappa shape index (κ1) is 12.9. The minimum atomic E-state index is -3.86. The van der Waals surface area contributed by atoms with Gasteiger partial charge in [0.25, 0.3) is 0 Å². The van der Waals surface area contributed by atoms with Gasteiger partial charge in [0.05, 0.1) is 29.2 Å². The van der Waals surface area contributed by atoms with Crippen LogP contribution in [0.1, 0.15) is 11.4 Å². The second-order valence-corrected chi connectivity index (χ2v) is 6.37. The van der Waals surface area contributed by atoms with Gasteiger partial charge in [-0.05, 0) is 6.07 Å². The first-order chi connectivity index (χ1) is 9.50. The molecule has 3 rings (SSSR count). The number of carboxylic acid groups (broad SMARTS) is 1. The Hall–Kier alpha value is -2.13. The highest BCUT2D eigenvalue weighted by molar-refractivity contribution is 7.89. The molecule has 0 radical (unpaired) electrons. The first-order valence-corrected chi connectivity index (χ1v) is 7.32. The molecular weight excluding hydrogens is 284 g/mol. The standard InChI is InChI=1S/C11H12N4O4S/c16-11(17)10-3-8-9(14-6-13-8)5-15(10)20(18,19)7-1-2-12-4-7/h1-2,4,6,10,12H,3,5H2,(H,13,14)(H,16,17). The maximum Gasteiger partial charge on any atom is 0.322 e. The van der Waals surface area contributed by atoms with Crippen LogP contribution in [0.4, 0.5) is 0 Å². The highest BCUT2D eigenvalue weighted by Crippen LogP contribution is 2.27. The molecule has 2 aromatic heterocycles. The largest absolute Gasteiger partial charge is 0.480 e. The SMILES string of the molecule is O=C(O)C1Cc2nc[nH]c2CN1S(=O)(=O)c1cc[nH]c1. The van der Waals surface area contributed by atoms with Gasteiger partial charge >= 0.3 is 5.97 Å². The highest BCUT2D eigenvalue weighted by Gasteiger charge is 2.40. The lowest BCUT2D eigenvalue weighted by Crippen LogP contribution is -2.48. The summed E-state index contributed by atoms with van der Waals surface area (Å²) in [6, 6.07) is 0.252. The summed E-state index contributed by atoms with van der Waals surface area (Å²) < 4.78 is 26.0. The Labute approximate surface area is 114 Å². The average Bonchev–Trinajstić information content (AvgIpc) is 3.08. The number of hydrogen-bond donors (Lipinski definition) is 3. The first-order valence-electron chi connectivity index (χ1n) is 5.88. The third-order valence-electron chi connectivity index (χ3n) is 3.32. The van der Waals surface area contributed by atoms with Crippen LogP contribution in [0.15, 0.2) is 29.7 Å². The van der Waals surface area contributed by atoms with Crippen molar-refractivity contribution in [2.45, 2.75) is 23.9 Å². The van der Waals surface area contributed by atoms with E-state index in [0.717, 1.165) is 4.31 Å². The van der Waals surface area contributed by atoms with Crippen LogP contribution in [0.3, 0.4) is 0 Å². The summed E-state index contributed by atoms with van der Waals surface area (Å²) in [5.41, 5.74) is 1.22. The van der Waals surface area contributed by atoms with Crippen molar-refractivity contribution >= 4 is 16.0 Å². The quantitative estimate of drug-likeness (QED) is 0.733. The van der Waals surface area contributed by atoms with Gasteiger partial charge in [0.1, 0.15) is 6.04 Å². The summed E-state index contributed by atoms with van der Waals surface area (Å²) in [6.07, 6.45) is 4.30. The molecule has 0 aliphatic carbocycles. The van der Waals surface area contributed by atoms with E-state index in [9.17, 15) is 18.3 Å². The van der Waals surface area contributed by atoms with Gasteiger partial charge in [-0.3, -0.25) is 4.79 Å². The molecule has 0 spiro atoms. The minimum Gasteiger partial charge on any atom is -0.480 e. The maximum absolute atomic E-state index is 12.5. The lowest BCUT2D eigenvalue weighted by Gasteiger charge is -2.30. The lowest BCUT2D eigenvalue weighted by molar-refractivity contribution is -0.141. The molecule has 3 N–H and O–H groups in total. The predicted molar refractivity (Wildman–Crippen MR) is 67.2 cm³/mol. The van der Waals surface area contributed by atoms with Crippen LogP contribution >= 0.6 is 0 Å². The van der Waals surface area contributed by atoms with E-state index < -0.39 is 22.0 Å². The van der Waals surface area contributed by atoms with Crippen LogP contribution in [-0.4, -0.2) is 44.8 Å². The van der Waals surface area contributed by atoms with E-state index in [4.69, 9.17) is 0 Å². The third kappa shape index (κ3) is 1.91. The van der Waals surface area contributed by atoms with Crippen LogP contribution in [-0.2, 0) is 27.8 Å². The molecule has 2 aromatic rings. The Kier molecular flexibility index (Phi) is 2.87. The maximum atomic E-state index is 12.5. The Morgan fingerprint density at radius 2 is 2.30 bits per heavy atom. The number of aromatic amines is 2. The van der Waals surface area contributed by atoms with Crippen molar-refractivity contribution in [3.05, 3.63) is 36.2 Å². The molecule has 3 heterocycles. The van der Waals surface area contributed by atoms with Crippen LogP contribution in [0, 0.1) is 0 Å². The van der Waals surface area contributed by atoms with E-state index in [1.807, 2.05) is 0 Å². The number of nitrogens with one attached hydrogen (secondary N) is 2. The topological polar surface area (TPSA) is 119 Å². The Morgan fingerprint density at radius 1 is 1.50 bits per heavy atom. The van der Waals surface area contributed by atoms with Crippen LogP contribution in [0.2, 0.25) is 0 Å². The third-order valence-corrected chi connectivity index (χ3v) is 5.17. The van der Waals surface area contributed by atoms with Gasteiger partial charge in [0, 0.05) is 18.8 Å². The fourth-order valence-electron chi connectivity index (χ4n) is 2.28. The number of carbonyl (C=O) groups is 1. The summed E-state index contributed by atoms with van der Waals surface area (Å²) in [5, 5.41) is 9.28. The van der Waals surface area contributed by atoms with E-state index in [2.05, 4.69) is 15.0 Å². The fourth-order valence-corrected chi connectivity index (χ4v) is 3.81. The zero-order chi connectivity index (χ0) is 14.3. The smallest absolute Gasteiger partial charge is 0.322 e. The van der Waals surface area contributed by atoms with Crippen LogP contribution < -0.4 is 0 Å². The molecule has 0 saturated carbocycles. The van der Waals surface area contributed by atoms with Crippen molar-refractivity contribution in [3.8, 4) is 0 Å². The van der Waals surface area contributed by atoms with Gasteiger partial charge in [-0.1, -0.05) is 0 Å². The molecule has 8 nitrogen and oxygen atoms in total. The second kappa shape index (κ2) is 4.46. The molecule has 0 fully saturated rings. The van der Waals surface area contributed by atoms with E-state index in [0.29, 0.717) is 11.4 Å². The van der Waals surface area contributed by atoms with Gasteiger partial charge in [0.15, 0.2) is 0 Å². The monoisotopic (exact) mass is 296 g/mol.